The van der Waals surface area contributed by atoms with Crippen molar-refractivity contribution >= 4 is 27.5 Å². The number of hydrogen-bond donors (Lipinski definition) is 1. The number of nitrogens with zero attached hydrogens (tertiary/aromatic N) is 2. The second-order valence-corrected chi connectivity index (χ2v) is 10.7. The van der Waals surface area contributed by atoms with Gasteiger partial charge in [0.25, 0.3) is 10.0 Å². The fourth-order valence-electron chi connectivity index (χ4n) is 4.18. The van der Waals surface area contributed by atoms with E-state index in [2.05, 4.69) is 5.32 Å². The van der Waals surface area contributed by atoms with Crippen LogP contribution in [0.15, 0.2) is 83.8 Å². The number of rotatable bonds is 12. The average molecular weight is 538 g/mol. The molecule has 3 rings (SSSR count). The number of carbonyl (C=O) groups excluding carboxylic acids is 2. The van der Waals surface area contributed by atoms with Crippen LogP contribution >= 0.6 is 0 Å². The molecule has 38 heavy (non-hydrogen) atoms. The number of sulfonamides is 1. The van der Waals surface area contributed by atoms with Gasteiger partial charge in [0.05, 0.1) is 17.7 Å². The van der Waals surface area contributed by atoms with Crippen molar-refractivity contribution < 1.29 is 22.7 Å². The Balaban J connectivity index is 2.09. The molecule has 0 bridgehead atoms. The largest absolute Gasteiger partial charge is 0.495 e. The standard InChI is InChI=1S/C29H35N3O5S/c1-5-25(29(34)30-6-2)31(20-23-12-8-7-9-13-23)28(33)21-32(26-14-10-11-15-27(26)37-4)38(35,36)24-18-16-22(3)17-19-24/h7-19,25H,5-6,20-21H2,1-4H3,(H,30,34). The van der Waals surface area contributed by atoms with Crippen molar-refractivity contribution in [2.75, 3.05) is 24.5 Å². The summed E-state index contributed by atoms with van der Waals surface area (Å²) in [6.45, 7) is 5.56. The van der Waals surface area contributed by atoms with Gasteiger partial charge in [-0.3, -0.25) is 13.9 Å². The number of benzene rings is 3. The molecule has 1 N–H and O–H groups in total. The van der Waals surface area contributed by atoms with Gasteiger partial charge in [0, 0.05) is 13.1 Å². The van der Waals surface area contributed by atoms with Crippen LogP contribution in [-0.4, -0.2) is 51.4 Å². The highest BCUT2D eigenvalue weighted by molar-refractivity contribution is 7.92. The highest BCUT2D eigenvalue weighted by Gasteiger charge is 2.34. The smallest absolute Gasteiger partial charge is 0.264 e. The lowest BCUT2D eigenvalue weighted by Gasteiger charge is -2.33. The maximum absolute atomic E-state index is 14.0. The minimum atomic E-state index is -4.16. The first-order valence-corrected chi connectivity index (χ1v) is 14.0. The molecule has 0 radical (unpaired) electrons. The van der Waals surface area contributed by atoms with Crippen LogP contribution < -0.4 is 14.4 Å². The zero-order valence-corrected chi connectivity index (χ0v) is 23.1. The molecule has 0 aliphatic carbocycles. The number of para-hydroxylation sites is 2. The molecule has 8 nitrogen and oxygen atoms in total. The van der Waals surface area contributed by atoms with Crippen molar-refractivity contribution in [1.82, 2.24) is 10.2 Å². The van der Waals surface area contributed by atoms with E-state index in [1.165, 1.54) is 24.1 Å². The molecule has 0 aliphatic heterocycles. The maximum Gasteiger partial charge on any atom is 0.264 e. The van der Waals surface area contributed by atoms with Crippen molar-refractivity contribution in [3.63, 3.8) is 0 Å². The molecule has 0 heterocycles. The van der Waals surface area contributed by atoms with Crippen LogP contribution in [0.3, 0.4) is 0 Å². The lowest BCUT2D eigenvalue weighted by atomic mass is 10.1. The molecule has 3 aromatic rings. The number of nitrogens with one attached hydrogen (secondary N) is 1. The Morgan fingerprint density at radius 2 is 1.55 bits per heavy atom. The second kappa shape index (κ2) is 13.1. The summed E-state index contributed by atoms with van der Waals surface area (Å²) in [5.74, 6) is -0.487. The zero-order chi connectivity index (χ0) is 27.7. The number of carbonyl (C=O) groups is 2. The van der Waals surface area contributed by atoms with E-state index in [4.69, 9.17) is 4.74 Å². The summed E-state index contributed by atoms with van der Waals surface area (Å²) in [6, 6.07) is 21.6. The topological polar surface area (TPSA) is 96.0 Å². The van der Waals surface area contributed by atoms with Crippen LogP contribution in [0.25, 0.3) is 0 Å². The Bertz CT molecular complexity index is 1330. The summed E-state index contributed by atoms with van der Waals surface area (Å²) in [5.41, 5.74) is 1.97. The number of methoxy groups -OCH3 is 1. The molecule has 0 saturated carbocycles. The van der Waals surface area contributed by atoms with Gasteiger partial charge in [-0.2, -0.15) is 0 Å². The summed E-state index contributed by atoms with van der Waals surface area (Å²) in [4.78, 5) is 28.4. The van der Waals surface area contributed by atoms with E-state index >= 15 is 0 Å². The molecule has 202 valence electrons. The third-order valence-corrected chi connectivity index (χ3v) is 7.95. The summed E-state index contributed by atoms with van der Waals surface area (Å²) >= 11 is 0. The lowest BCUT2D eigenvalue weighted by Crippen LogP contribution is -2.52. The third kappa shape index (κ3) is 6.72. The molecule has 1 unspecified atom stereocenters. The molecule has 0 saturated heterocycles. The van der Waals surface area contributed by atoms with Crippen molar-refractivity contribution in [3.8, 4) is 5.75 Å². The van der Waals surface area contributed by atoms with Crippen LogP contribution in [0.5, 0.6) is 5.75 Å². The number of aryl methyl sites for hydroxylation is 1. The molecule has 0 aliphatic rings. The number of hydrogen-bond acceptors (Lipinski definition) is 5. The summed E-state index contributed by atoms with van der Waals surface area (Å²) in [5, 5.41) is 2.80. The summed E-state index contributed by atoms with van der Waals surface area (Å²) < 4.78 is 34.4. The van der Waals surface area contributed by atoms with Crippen LogP contribution in [-0.2, 0) is 26.2 Å². The van der Waals surface area contributed by atoms with Crippen molar-refractivity contribution in [2.45, 2.75) is 44.7 Å². The molecule has 9 heteroatoms. The maximum atomic E-state index is 14.0. The van der Waals surface area contributed by atoms with Gasteiger partial charge in [0.15, 0.2) is 0 Å². The lowest BCUT2D eigenvalue weighted by molar-refractivity contribution is -0.140. The van der Waals surface area contributed by atoms with Gasteiger partial charge in [-0.15, -0.1) is 0 Å². The Hall–Kier alpha value is -3.85. The van der Waals surface area contributed by atoms with Crippen molar-refractivity contribution in [1.29, 1.82) is 0 Å². The Morgan fingerprint density at radius 1 is 0.921 bits per heavy atom. The Kier molecular flexibility index (Phi) is 9.90. The molecule has 2 amide bonds. The second-order valence-electron chi connectivity index (χ2n) is 8.82. The Morgan fingerprint density at radius 3 is 2.16 bits per heavy atom. The first kappa shape index (κ1) is 28.7. The van der Waals surface area contributed by atoms with Gasteiger partial charge in [-0.25, -0.2) is 8.42 Å². The van der Waals surface area contributed by atoms with E-state index < -0.39 is 28.5 Å². The van der Waals surface area contributed by atoms with Gasteiger partial charge in [0.2, 0.25) is 11.8 Å². The van der Waals surface area contributed by atoms with Gasteiger partial charge < -0.3 is 15.0 Å². The first-order valence-electron chi connectivity index (χ1n) is 12.6. The van der Waals surface area contributed by atoms with Gasteiger partial charge >= 0.3 is 0 Å². The quantitative estimate of drug-likeness (QED) is 0.375. The third-order valence-electron chi connectivity index (χ3n) is 6.17. The zero-order valence-electron chi connectivity index (χ0n) is 22.3. The molecule has 1 atom stereocenters. The molecule has 3 aromatic carbocycles. The van der Waals surface area contributed by atoms with Crippen LogP contribution in [0.2, 0.25) is 0 Å². The fourth-order valence-corrected chi connectivity index (χ4v) is 5.60. The van der Waals surface area contributed by atoms with E-state index in [9.17, 15) is 18.0 Å². The number of anilines is 1. The molecule has 0 spiro atoms. The van der Waals surface area contributed by atoms with E-state index in [0.717, 1.165) is 15.4 Å². The highest BCUT2D eigenvalue weighted by atomic mass is 32.2. The van der Waals surface area contributed by atoms with E-state index in [1.54, 1.807) is 36.4 Å². The van der Waals surface area contributed by atoms with Crippen molar-refractivity contribution in [3.05, 3.63) is 90.0 Å². The molecule has 0 aromatic heterocycles. The minimum absolute atomic E-state index is 0.0483. The Labute approximate surface area is 225 Å². The van der Waals surface area contributed by atoms with E-state index in [-0.39, 0.29) is 23.0 Å². The van der Waals surface area contributed by atoms with Crippen LogP contribution in [0.4, 0.5) is 5.69 Å². The predicted molar refractivity (Wildman–Crippen MR) is 148 cm³/mol. The van der Waals surface area contributed by atoms with Crippen LogP contribution in [0, 0.1) is 6.92 Å². The van der Waals surface area contributed by atoms with Crippen molar-refractivity contribution in [2.24, 2.45) is 0 Å². The summed E-state index contributed by atoms with van der Waals surface area (Å²) in [6.07, 6.45) is 0.365. The summed E-state index contributed by atoms with van der Waals surface area (Å²) in [7, 11) is -2.72. The monoisotopic (exact) mass is 537 g/mol. The normalized spacial score (nSPS) is 11.9. The number of likely N-dealkylation sites (N-methyl/N-ethyl adjacent to an activating group) is 1. The highest BCUT2D eigenvalue weighted by Crippen LogP contribution is 2.32. The van der Waals surface area contributed by atoms with E-state index in [1.807, 2.05) is 51.1 Å². The van der Waals surface area contributed by atoms with Crippen LogP contribution in [0.1, 0.15) is 31.4 Å². The van der Waals surface area contributed by atoms with E-state index in [0.29, 0.717) is 18.7 Å². The molecule has 0 fully saturated rings. The molecular formula is C29H35N3O5S. The minimum Gasteiger partial charge on any atom is -0.495 e. The molecular weight excluding hydrogens is 502 g/mol. The van der Waals surface area contributed by atoms with Gasteiger partial charge in [-0.1, -0.05) is 67.1 Å². The first-order chi connectivity index (χ1) is 18.2. The average Bonchev–Trinajstić information content (AvgIpc) is 2.92. The van der Waals surface area contributed by atoms with Gasteiger partial charge in [0.1, 0.15) is 18.3 Å². The number of amides is 2. The SMILES string of the molecule is CCNC(=O)C(CC)N(Cc1ccccc1)C(=O)CN(c1ccccc1OC)S(=O)(=O)c1ccc(C)cc1. The predicted octanol–water partition coefficient (Wildman–Crippen LogP) is 4.14. The van der Waals surface area contributed by atoms with Gasteiger partial charge in [-0.05, 0) is 50.1 Å². The number of ether oxygens (including phenoxy) is 1. The fraction of sp³-hybridized carbons (Fsp3) is 0.310.